The number of benzene rings is 3. The number of imidazole rings is 1. The van der Waals surface area contributed by atoms with Crippen molar-refractivity contribution >= 4 is 22.6 Å². The second-order valence-corrected chi connectivity index (χ2v) is 6.45. The minimum Gasteiger partial charge on any atom is -0.457 e. The summed E-state index contributed by atoms with van der Waals surface area (Å²) < 4.78 is 44.0. The average Bonchev–Trinajstić information content (AvgIpc) is 3.07. The van der Waals surface area contributed by atoms with Gasteiger partial charge in [-0.3, -0.25) is 4.79 Å². The standard InChI is InChI=1S/C21H14F3N3O3/c22-21(23,24)13-4-2-6-16(10-13)30-15-5-1-3-12(9-15)19(28)25-14-7-8-17-18(11-14)27-20(29)26-17/h1-11H,(H,25,28)(H2,26,27,29). The lowest BCUT2D eigenvalue weighted by Crippen LogP contribution is -2.11. The van der Waals surface area contributed by atoms with Crippen molar-refractivity contribution < 1.29 is 22.7 Å². The van der Waals surface area contributed by atoms with Crippen LogP contribution in [0.5, 0.6) is 11.5 Å². The van der Waals surface area contributed by atoms with Crippen molar-refractivity contribution in [2.75, 3.05) is 5.32 Å². The Morgan fingerprint density at radius 3 is 2.33 bits per heavy atom. The Balaban J connectivity index is 1.52. The molecule has 0 atom stereocenters. The number of hydrogen-bond donors (Lipinski definition) is 3. The predicted octanol–water partition coefficient (Wildman–Crippen LogP) is 4.92. The maximum Gasteiger partial charge on any atom is 0.416 e. The highest BCUT2D eigenvalue weighted by atomic mass is 19.4. The molecule has 152 valence electrons. The molecule has 6 nitrogen and oxygen atoms in total. The molecule has 9 heteroatoms. The summed E-state index contributed by atoms with van der Waals surface area (Å²) in [4.78, 5) is 29.1. The number of hydrogen-bond acceptors (Lipinski definition) is 3. The number of anilines is 1. The Morgan fingerprint density at radius 1 is 0.867 bits per heavy atom. The fourth-order valence-electron chi connectivity index (χ4n) is 2.89. The Morgan fingerprint density at radius 2 is 1.57 bits per heavy atom. The number of nitrogens with one attached hydrogen (secondary N) is 3. The zero-order valence-electron chi connectivity index (χ0n) is 15.2. The third kappa shape index (κ3) is 4.19. The molecule has 0 radical (unpaired) electrons. The number of carbonyl (C=O) groups excluding carboxylic acids is 1. The van der Waals surface area contributed by atoms with Crippen LogP contribution in [0.4, 0.5) is 18.9 Å². The van der Waals surface area contributed by atoms with Gasteiger partial charge in [-0.2, -0.15) is 13.2 Å². The molecule has 0 aliphatic heterocycles. The molecule has 1 amide bonds. The third-order valence-electron chi connectivity index (χ3n) is 4.27. The molecule has 0 bridgehead atoms. The molecule has 30 heavy (non-hydrogen) atoms. The van der Waals surface area contributed by atoms with Crippen molar-refractivity contribution in [2.45, 2.75) is 6.18 Å². The monoisotopic (exact) mass is 413 g/mol. The van der Waals surface area contributed by atoms with E-state index in [0.29, 0.717) is 16.7 Å². The molecule has 4 rings (SSSR count). The summed E-state index contributed by atoms with van der Waals surface area (Å²) in [6.45, 7) is 0. The molecule has 1 aromatic heterocycles. The second kappa shape index (κ2) is 7.43. The first-order valence-electron chi connectivity index (χ1n) is 8.76. The molecule has 0 aliphatic rings. The van der Waals surface area contributed by atoms with Gasteiger partial charge in [0.15, 0.2) is 0 Å². The number of amides is 1. The number of carbonyl (C=O) groups is 1. The lowest BCUT2D eigenvalue weighted by atomic mass is 10.2. The molecule has 0 saturated heterocycles. The van der Waals surface area contributed by atoms with E-state index in [1.54, 1.807) is 30.3 Å². The van der Waals surface area contributed by atoms with E-state index in [9.17, 15) is 22.8 Å². The smallest absolute Gasteiger partial charge is 0.416 e. The quantitative estimate of drug-likeness (QED) is 0.444. The lowest BCUT2D eigenvalue weighted by Gasteiger charge is -2.11. The number of aromatic nitrogens is 2. The molecule has 1 heterocycles. The molecular formula is C21H14F3N3O3. The summed E-state index contributed by atoms with van der Waals surface area (Å²) in [5.74, 6) is -0.224. The van der Waals surface area contributed by atoms with Gasteiger partial charge in [-0.15, -0.1) is 0 Å². The van der Waals surface area contributed by atoms with Crippen molar-refractivity contribution in [3.8, 4) is 11.5 Å². The first-order valence-corrected chi connectivity index (χ1v) is 8.76. The van der Waals surface area contributed by atoms with E-state index in [4.69, 9.17) is 4.74 Å². The van der Waals surface area contributed by atoms with Crippen LogP contribution in [-0.4, -0.2) is 15.9 Å². The highest BCUT2D eigenvalue weighted by molar-refractivity contribution is 6.05. The van der Waals surface area contributed by atoms with Crippen LogP contribution in [0.1, 0.15) is 15.9 Å². The summed E-state index contributed by atoms with van der Waals surface area (Å²) in [7, 11) is 0. The number of halogens is 3. The molecule has 3 N–H and O–H groups in total. The summed E-state index contributed by atoms with van der Waals surface area (Å²) in [5, 5.41) is 2.70. The van der Waals surface area contributed by atoms with Crippen molar-refractivity contribution in [1.82, 2.24) is 9.97 Å². The van der Waals surface area contributed by atoms with Crippen LogP contribution in [0.3, 0.4) is 0 Å². The van der Waals surface area contributed by atoms with Crippen LogP contribution in [0.15, 0.2) is 71.5 Å². The molecule has 4 aromatic rings. The van der Waals surface area contributed by atoms with Crippen LogP contribution in [0, 0.1) is 0 Å². The van der Waals surface area contributed by atoms with Crippen LogP contribution >= 0.6 is 0 Å². The highest BCUT2D eigenvalue weighted by Gasteiger charge is 2.30. The number of fused-ring (bicyclic) bond motifs is 1. The first-order chi connectivity index (χ1) is 14.3. The van der Waals surface area contributed by atoms with Gasteiger partial charge in [-0.05, 0) is 54.6 Å². The molecular weight excluding hydrogens is 399 g/mol. The average molecular weight is 413 g/mol. The predicted molar refractivity (Wildman–Crippen MR) is 105 cm³/mol. The number of alkyl halides is 3. The fraction of sp³-hybridized carbons (Fsp3) is 0.0476. The van der Waals surface area contributed by atoms with Gasteiger partial charge in [0.25, 0.3) is 5.91 Å². The second-order valence-electron chi connectivity index (χ2n) is 6.45. The normalized spacial score (nSPS) is 11.4. The van der Waals surface area contributed by atoms with E-state index in [1.165, 1.54) is 24.3 Å². The van der Waals surface area contributed by atoms with Gasteiger partial charge in [-0.25, -0.2) is 4.79 Å². The van der Waals surface area contributed by atoms with Crippen LogP contribution in [0.2, 0.25) is 0 Å². The van der Waals surface area contributed by atoms with E-state index in [2.05, 4.69) is 15.3 Å². The minimum atomic E-state index is -4.48. The van der Waals surface area contributed by atoms with Gasteiger partial charge < -0.3 is 20.0 Å². The van der Waals surface area contributed by atoms with Crippen LogP contribution in [0.25, 0.3) is 11.0 Å². The zero-order valence-corrected chi connectivity index (χ0v) is 15.2. The lowest BCUT2D eigenvalue weighted by molar-refractivity contribution is -0.137. The number of rotatable bonds is 4. The van der Waals surface area contributed by atoms with E-state index in [-0.39, 0.29) is 22.8 Å². The SMILES string of the molecule is O=C(Nc1ccc2[nH]c(=O)[nH]c2c1)c1cccc(Oc2cccc(C(F)(F)F)c2)c1. The van der Waals surface area contributed by atoms with Crippen molar-refractivity contribution in [3.63, 3.8) is 0 Å². The Labute approximate surface area is 167 Å². The third-order valence-corrected chi connectivity index (χ3v) is 4.27. The fourth-order valence-corrected chi connectivity index (χ4v) is 2.89. The van der Waals surface area contributed by atoms with E-state index >= 15 is 0 Å². The number of H-pyrrole nitrogens is 2. The van der Waals surface area contributed by atoms with E-state index in [0.717, 1.165) is 12.1 Å². The first kappa shape index (κ1) is 19.3. The van der Waals surface area contributed by atoms with Gasteiger partial charge in [0.05, 0.1) is 16.6 Å². The summed E-state index contributed by atoms with van der Waals surface area (Å²) in [6.07, 6.45) is -4.48. The van der Waals surface area contributed by atoms with Crippen molar-refractivity contribution in [2.24, 2.45) is 0 Å². The van der Waals surface area contributed by atoms with Gasteiger partial charge in [0.1, 0.15) is 11.5 Å². The minimum absolute atomic E-state index is 0.00393. The van der Waals surface area contributed by atoms with Crippen molar-refractivity contribution in [1.29, 1.82) is 0 Å². The highest BCUT2D eigenvalue weighted by Crippen LogP contribution is 2.32. The van der Waals surface area contributed by atoms with Crippen molar-refractivity contribution in [3.05, 3.63) is 88.3 Å². The number of ether oxygens (including phenoxy) is 1. The summed E-state index contributed by atoms with van der Waals surface area (Å²) in [6, 6.07) is 15.4. The molecule has 0 unspecified atom stereocenters. The van der Waals surface area contributed by atoms with Gasteiger partial charge in [0.2, 0.25) is 0 Å². The topological polar surface area (TPSA) is 87.0 Å². The van der Waals surface area contributed by atoms with Gasteiger partial charge in [0, 0.05) is 11.3 Å². The zero-order chi connectivity index (χ0) is 21.3. The number of aromatic amines is 2. The Kier molecular flexibility index (Phi) is 4.78. The summed E-state index contributed by atoms with van der Waals surface area (Å²) in [5.41, 5.74) is 0.683. The molecule has 0 fully saturated rings. The maximum absolute atomic E-state index is 12.9. The van der Waals surface area contributed by atoms with Crippen LogP contribution in [-0.2, 0) is 6.18 Å². The Bertz CT molecular complexity index is 1290. The van der Waals surface area contributed by atoms with Crippen LogP contribution < -0.4 is 15.7 Å². The van der Waals surface area contributed by atoms with Gasteiger partial charge >= 0.3 is 11.9 Å². The van der Waals surface area contributed by atoms with E-state index in [1.807, 2.05) is 0 Å². The van der Waals surface area contributed by atoms with E-state index < -0.39 is 17.6 Å². The molecule has 0 aliphatic carbocycles. The molecule has 3 aromatic carbocycles. The summed E-state index contributed by atoms with van der Waals surface area (Å²) >= 11 is 0. The molecule has 0 spiro atoms. The molecule has 0 saturated carbocycles. The largest absolute Gasteiger partial charge is 0.457 e. The van der Waals surface area contributed by atoms with Gasteiger partial charge in [-0.1, -0.05) is 12.1 Å². The Hall–Kier alpha value is -4.01. The maximum atomic E-state index is 12.9.